The summed E-state index contributed by atoms with van der Waals surface area (Å²) in [6.07, 6.45) is 0.135. The van der Waals surface area contributed by atoms with Crippen LogP contribution in [0.4, 0.5) is 0 Å². The average Bonchev–Trinajstić information content (AvgIpc) is 2.67. The second-order valence-electron chi connectivity index (χ2n) is 4.38. The number of halogens is 2. The Morgan fingerprint density at radius 1 is 1.44 bits per heavy atom. The average molecular weight is 379 g/mol. The third kappa shape index (κ3) is 2.81. The van der Waals surface area contributed by atoms with Crippen molar-refractivity contribution in [1.29, 1.82) is 0 Å². The SMILES string of the molecule is COC(C)Cn1c(C(C)Cl)nc2cc(I)ccc21. The molecule has 2 rings (SSSR count). The molecule has 0 fully saturated rings. The molecule has 1 aromatic heterocycles. The van der Waals surface area contributed by atoms with Gasteiger partial charge in [0.25, 0.3) is 0 Å². The molecule has 0 aliphatic rings. The number of hydrogen-bond acceptors (Lipinski definition) is 2. The van der Waals surface area contributed by atoms with Gasteiger partial charge in [-0.1, -0.05) is 0 Å². The molecule has 0 N–H and O–H groups in total. The van der Waals surface area contributed by atoms with E-state index in [0.717, 1.165) is 23.4 Å². The Labute approximate surface area is 126 Å². The summed E-state index contributed by atoms with van der Waals surface area (Å²) >= 11 is 8.51. The van der Waals surface area contributed by atoms with E-state index < -0.39 is 0 Å². The van der Waals surface area contributed by atoms with Gasteiger partial charge in [-0.25, -0.2) is 4.98 Å². The zero-order valence-electron chi connectivity index (χ0n) is 10.7. The number of benzene rings is 1. The molecule has 0 aliphatic carbocycles. The first-order valence-electron chi connectivity index (χ1n) is 5.85. The van der Waals surface area contributed by atoms with Crippen LogP contribution in [0.25, 0.3) is 11.0 Å². The Hall–Kier alpha value is -0.330. The van der Waals surface area contributed by atoms with E-state index in [1.807, 2.05) is 13.8 Å². The molecule has 2 atom stereocenters. The van der Waals surface area contributed by atoms with E-state index in [2.05, 4.69) is 50.3 Å². The Kier molecular flexibility index (Phi) is 4.50. The summed E-state index contributed by atoms with van der Waals surface area (Å²) < 4.78 is 8.67. The van der Waals surface area contributed by atoms with Crippen LogP contribution < -0.4 is 0 Å². The first-order chi connectivity index (χ1) is 8.52. The van der Waals surface area contributed by atoms with Gasteiger partial charge in [0.1, 0.15) is 5.82 Å². The van der Waals surface area contributed by atoms with Gasteiger partial charge in [0.05, 0.1) is 29.1 Å². The van der Waals surface area contributed by atoms with Gasteiger partial charge in [-0.3, -0.25) is 0 Å². The summed E-state index contributed by atoms with van der Waals surface area (Å²) in [4.78, 5) is 4.63. The number of rotatable bonds is 4. The van der Waals surface area contributed by atoms with Crippen LogP contribution in [0.15, 0.2) is 18.2 Å². The normalized spacial score (nSPS) is 14.9. The molecule has 2 unspecified atom stereocenters. The highest BCUT2D eigenvalue weighted by Gasteiger charge is 2.16. The quantitative estimate of drug-likeness (QED) is 0.594. The summed E-state index contributed by atoms with van der Waals surface area (Å²) in [7, 11) is 1.72. The lowest BCUT2D eigenvalue weighted by Gasteiger charge is -2.14. The fourth-order valence-electron chi connectivity index (χ4n) is 1.95. The number of aromatic nitrogens is 2. The zero-order chi connectivity index (χ0) is 13.3. The van der Waals surface area contributed by atoms with Crippen LogP contribution in [-0.4, -0.2) is 22.8 Å². The minimum atomic E-state index is -0.112. The van der Waals surface area contributed by atoms with Crippen molar-refractivity contribution in [1.82, 2.24) is 9.55 Å². The molecule has 1 aromatic carbocycles. The van der Waals surface area contributed by atoms with E-state index in [4.69, 9.17) is 16.3 Å². The minimum absolute atomic E-state index is 0.112. The molecule has 0 spiro atoms. The van der Waals surface area contributed by atoms with E-state index in [0.29, 0.717) is 0 Å². The number of fused-ring (bicyclic) bond motifs is 1. The van der Waals surface area contributed by atoms with Gasteiger partial charge in [0.2, 0.25) is 0 Å². The monoisotopic (exact) mass is 378 g/mol. The lowest BCUT2D eigenvalue weighted by molar-refractivity contribution is 0.103. The maximum absolute atomic E-state index is 6.22. The van der Waals surface area contributed by atoms with Gasteiger partial charge >= 0.3 is 0 Å². The van der Waals surface area contributed by atoms with Gasteiger partial charge < -0.3 is 9.30 Å². The summed E-state index contributed by atoms with van der Waals surface area (Å²) in [5, 5.41) is -0.112. The molecule has 0 bridgehead atoms. The van der Waals surface area contributed by atoms with Gasteiger partial charge in [0.15, 0.2) is 0 Å². The predicted molar refractivity (Wildman–Crippen MR) is 83.2 cm³/mol. The molecule has 98 valence electrons. The standard InChI is InChI=1S/C13H16ClIN2O/c1-8(18-3)7-17-12-5-4-10(15)6-11(12)16-13(17)9(2)14/h4-6,8-9H,7H2,1-3H3. The summed E-state index contributed by atoms with van der Waals surface area (Å²) in [6, 6.07) is 6.25. The van der Waals surface area contributed by atoms with Crippen molar-refractivity contribution in [3.05, 3.63) is 27.6 Å². The van der Waals surface area contributed by atoms with Crippen molar-refractivity contribution in [2.24, 2.45) is 0 Å². The van der Waals surface area contributed by atoms with Crippen LogP contribution in [0.2, 0.25) is 0 Å². The number of hydrogen-bond donors (Lipinski definition) is 0. The maximum Gasteiger partial charge on any atom is 0.127 e. The molecule has 0 saturated carbocycles. The molecule has 3 nitrogen and oxygen atoms in total. The third-order valence-corrected chi connectivity index (χ3v) is 3.80. The van der Waals surface area contributed by atoms with Crippen LogP contribution in [0.1, 0.15) is 25.0 Å². The largest absolute Gasteiger partial charge is 0.380 e. The van der Waals surface area contributed by atoms with Crippen LogP contribution >= 0.6 is 34.2 Å². The Morgan fingerprint density at radius 3 is 2.78 bits per heavy atom. The highest BCUT2D eigenvalue weighted by atomic mass is 127. The fourth-order valence-corrected chi connectivity index (χ4v) is 2.59. The van der Waals surface area contributed by atoms with Gasteiger partial charge in [-0.2, -0.15) is 0 Å². The number of imidazole rings is 1. The van der Waals surface area contributed by atoms with Crippen LogP contribution in [0.5, 0.6) is 0 Å². The van der Waals surface area contributed by atoms with E-state index in [1.165, 1.54) is 3.57 Å². The summed E-state index contributed by atoms with van der Waals surface area (Å²) in [5.41, 5.74) is 2.11. The van der Waals surface area contributed by atoms with Crippen molar-refractivity contribution in [3.8, 4) is 0 Å². The molecule has 0 saturated heterocycles. The molecular formula is C13H16ClIN2O. The lowest BCUT2D eigenvalue weighted by Crippen LogP contribution is -2.16. The first kappa shape index (κ1) is 14.1. The topological polar surface area (TPSA) is 27.1 Å². The highest BCUT2D eigenvalue weighted by Crippen LogP contribution is 2.26. The Morgan fingerprint density at radius 2 is 2.17 bits per heavy atom. The van der Waals surface area contributed by atoms with Crippen molar-refractivity contribution in [2.45, 2.75) is 31.9 Å². The summed E-state index contributed by atoms with van der Waals surface area (Å²) in [6.45, 7) is 4.75. The minimum Gasteiger partial charge on any atom is -0.380 e. The number of methoxy groups -OCH3 is 1. The molecule has 18 heavy (non-hydrogen) atoms. The first-order valence-corrected chi connectivity index (χ1v) is 7.37. The molecule has 0 radical (unpaired) electrons. The van der Waals surface area contributed by atoms with Crippen LogP contribution in [0.3, 0.4) is 0 Å². The maximum atomic E-state index is 6.22. The van der Waals surface area contributed by atoms with Gasteiger partial charge in [-0.15, -0.1) is 11.6 Å². The summed E-state index contributed by atoms with van der Waals surface area (Å²) in [5.74, 6) is 0.901. The van der Waals surface area contributed by atoms with Crippen molar-refractivity contribution in [3.63, 3.8) is 0 Å². The smallest absolute Gasteiger partial charge is 0.127 e. The van der Waals surface area contributed by atoms with Crippen LogP contribution in [0, 0.1) is 3.57 Å². The van der Waals surface area contributed by atoms with E-state index in [1.54, 1.807) is 7.11 Å². The molecule has 0 amide bonds. The van der Waals surface area contributed by atoms with Gasteiger partial charge in [-0.05, 0) is 54.6 Å². The molecule has 1 heterocycles. The molecule has 2 aromatic rings. The Balaban J connectivity index is 2.55. The second kappa shape index (κ2) is 5.75. The Bertz CT molecular complexity index is 553. The zero-order valence-corrected chi connectivity index (χ0v) is 13.6. The van der Waals surface area contributed by atoms with E-state index >= 15 is 0 Å². The van der Waals surface area contributed by atoms with E-state index in [-0.39, 0.29) is 11.5 Å². The second-order valence-corrected chi connectivity index (χ2v) is 6.28. The number of alkyl halides is 1. The highest BCUT2D eigenvalue weighted by molar-refractivity contribution is 14.1. The van der Waals surface area contributed by atoms with Crippen molar-refractivity contribution in [2.75, 3.05) is 7.11 Å². The molecular weight excluding hydrogens is 363 g/mol. The lowest BCUT2D eigenvalue weighted by atomic mass is 10.3. The number of ether oxygens (including phenoxy) is 1. The number of nitrogens with zero attached hydrogens (tertiary/aromatic N) is 2. The van der Waals surface area contributed by atoms with E-state index in [9.17, 15) is 0 Å². The molecule has 5 heteroatoms. The molecule has 0 aliphatic heterocycles. The van der Waals surface area contributed by atoms with Crippen molar-refractivity contribution < 1.29 is 4.74 Å². The fraction of sp³-hybridized carbons (Fsp3) is 0.462. The third-order valence-electron chi connectivity index (χ3n) is 2.94. The van der Waals surface area contributed by atoms with Gasteiger partial charge in [0, 0.05) is 10.7 Å². The van der Waals surface area contributed by atoms with Crippen LogP contribution in [-0.2, 0) is 11.3 Å². The van der Waals surface area contributed by atoms with Crippen molar-refractivity contribution >= 4 is 45.2 Å². The predicted octanol–water partition coefficient (Wildman–Crippen LogP) is 3.98.